The Morgan fingerprint density at radius 1 is 0.889 bits per heavy atom. The number of rotatable bonds is 13. The first kappa shape index (κ1) is 30.9. The Morgan fingerprint density at radius 2 is 1.50 bits per heavy atom. The second-order valence-electron chi connectivity index (χ2n) is 10.5. The molecule has 5 N–H and O–H groups in total. The lowest BCUT2D eigenvalue weighted by Gasteiger charge is -2.28. The van der Waals surface area contributed by atoms with E-state index in [9.17, 15) is 19.2 Å². The summed E-state index contributed by atoms with van der Waals surface area (Å²) >= 11 is 0. The highest BCUT2D eigenvalue weighted by Gasteiger charge is 2.32. The van der Waals surface area contributed by atoms with Gasteiger partial charge in [0.25, 0.3) is 0 Å². The second-order valence-corrected chi connectivity index (χ2v) is 10.5. The first-order valence-electron chi connectivity index (χ1n) is 12.2. The van der Waals surface area contributed by atoms with Crippen molar-refractivity contribution in [1.82, 2.24) is 16.0 Å². The van der Waals surface area contributed by atoms with Crippen molar-refractivity contribution < 1.29 is 28.7 Å². The van der Waals surface area contributed by atoms with E-state index in [4.69, 9.17) is 15.2 Å². The van der Waals surface area contributed by atoms with Gasteiger partial charge in [-0.05, 0) is 44.6 Å². The van der Waals surface area contributed by atoms with Gasteiger partial charge in [-0.2, -0.15) is 0 Å². The van der Waals surface area contributed by atoms with E-state index in [1.165, 1.54) is 0 Å². The van der Waals surface area contributed by atoms with Crippen molar-refractivity contribution >= 4 is 23.8 Å². The highest BCUT2D eigenvalue weighted by molar-refractivity contribution is 5.93. The van der Waals surface area contributed by atoms with Crippen LogP contribution < -0.4 is 21.7 Å². The van der Waals surface area contributed by atoms with Gasteiger partial charge in [0.2, 0.25) is 17.7 Å². The molecule has 0 spiro atoms. The molecule has 4 amide bonds. The molecule has 0 aliphatic heterocycles. The molecule has 0 heterocycles. The lowest BCUT2D eigenvalue weighted by Crippen LogP contribution is -2.59. The standard InChI is InChI=1S/C26H42N4O6/c1-16(2)13-19(22(27)31)28-24(33)21(17(3)4)30-23(32)20(29-25(34)36-26(5,6)7)15-35-14-18-11-9-8-10-12-18/h8-12,16-17,19-21H,13-15H2,1-7H3,(H2,27,31)(H,28,33)(H,29,34)(H,30,32)/t19-,20-,21+/m1/s1. The number of amides is 4. The number of carbonyl (C=O) groups excluding carboxylic acids is 4. The van der Waals surface area contributed by atoms with Gasteiger partial charge < -0.3 is 31.2 Å². The molecule has 0 bridgehead atoms. The molecule has 0 aliphatic rings. The summed E-state index contributed by atoms with van der Waals surface area (Å²) in [7, 11) is 0. The van der Waals surface area contributed by atoms with E-state index >= 15 is 0 Å². The molecule has 202 valence electrons. The minimum absolute atomic E-state index is 0.124. The number of benzene rings is 1. The molecular formula is C26H42N4O6. The van der Waals surface area contributed by atoms with Gasteiger partial charge in [-0.15, -0.1) is 0 Å². The van der Waals surface area contributed by atoms with E-state index in [0.717, 1.165) is 5.56 Å². The molecule has 0 unspecified atom stereocenters. The third-order valence-electron chi connectivity index (χ3n) is 5.02. The van der Waals surface area contributed by atoms with Gasteiger partial charge in [-0.3, -0.25) is 14.4 Å². The van der Waals surface area contributed by atoms with Crippen molar-refractivity contribution in [3.63, 3.8) is 0 Å². The van der Waals surface area contributed by atoms with Crippen molar-refractivity contribution in [3.05, 3.63) is 35.9 Å². The number of carbonyl (C=O) groups is 4. The maximum atomic E-state index is 13.2. The summed E-state index contributed by atoms with van der Waals surface area (Å²) in [4.78, 5) is 50.3. The van der Waals surface area contributed by atoms with Crippen LogP contribution in [0.3, 0.4) is 0 Å². The summed E-state index contributed by atoms with van der Waals surface area (Å²) in [6, 6.07) is 6.41. The maximum absolute atomic E-state index is 13.2. The summed E-state index contributed by atoms with van der Waals surface area (Å²) in [5.74, 6) is -2.00. The number of ether oxygens (including phenoxy) is 2. The monoisotopic (exact) mass is 506 g/mol. The molecule has 0 fully saturated rings. The Morgan fingerprint density at radius 3 is 2.00 bits per heavy atom. The van der Waals surface area contributed by atoms with E-state index in [1.807, 2.05) is 44.2 Å². The van der Waals surface area contributed by atoms with Gasteiger partial charge in [0.15, 0.2) is 0 Å². The zero-order valence-corrected chi connectivity index (χ0v) is 22.4. The smallest absolute Gasteiger partial charge is 0.408 e. The van der Waals surface area contributed by atoms with Gasteiger partial charge in [0, 0.05) is 0 Å². The summed E-state index contributed by atoms with van der Waals surface area (Å²) in [5, 5.41) is 7.84. The fraction of sp³-hybridized carbons (Fsp3) is 0.615. The molecule has 0 aliphatic carbocycles. The third kappa shape index (κ3) is 12.0. The molecule has 36 heavy (non-hydrogen) atoms. The Bertz CT molecular complexity index is 867. The first-order chi connectivity index (χ1) is 16.7. The van der Waals surface area contributed by atoms with Crippen LogP contribution in [0.4, 0.5) is 4.79 Å². The minimum Gasteiger partial charge on any atom is -0.444 e. The zero-order chi connectivity index (χ0) is 27.5. The zero-order valence-electron chi connectivity index (χ0n) is 22.4. The van der Waals surface area contributed by atoms with Crippen LogP contribution in [0.1, 0.15) is 60.5 Å². The number of nitrogens with one attached hydrogen (secondary N) is 3. The predicted molar refractivity (Wildman–Crippen MR) is 137 cm³/mol. The van der Waals surface area contributed by atoms with E-state index in [0.29, 0.717) is 6.42 Å². The first-order valence-corrected chi connectivity index (χ1v) is 12.2. The van der Waals surface area contributed by atoms with Crippen LogP contribution in [0.15, 0.2) is 30.3 Å². The predicted octanol–water partition coefficient (Wildman–Crippen LogP) is 2.25. The highest BCUT2D eigenvalue weighted by Crippen LogP contribution is 2.10. The van der Waals surface area contributed by atoms with Crippen LogP contribution in [-0.2, 0) is 30.5 Å². The second kappa shape index (κ2) is 14.4. The van der Waals surface area contributed by atoms with Crippen LogP contribution in [0.25, 0.3) is 0 Å². The van der Waals surface area contributed by atoms with Crippen molar-refractivity contribution in [2.75, 3.05) is 6.61 Å². The van der Waals surface area contributed by atoms with Crippen molar-refractivity contribution in [2.24, 2.45) is 17.6 Å². The van der Waals surface area contributed by atoms with Crippen molar-refractivity contribution in [2.45, 2.75) is 85.2 Å². The normalized spacial score (nSPS) is 14.0. The summed E-state index contributed by atoms with van der Waals surface area (Å²) in [6.45, 7) is 12.5. The van der Waals surface area contributed by atoms with Gasteiger partial charge >= 0.3 is 6.09 Å². The van der Waals surface area contributed by atoms with E-state index in [1.54, 1.807) is 34.6 Å². The maximum Gasteiger partial charge on any atom is 0.408 e. The van der Waals surface area contributed by atoms with Crippen molar-refractivity contribution in [1.29, 1.82) is 0 Å². The molecule has 0 radical (unpaired) electrons. The average Bonchev–Trinajstić information content (AvgIpc) is 2.74. The highest BCUT2D eigenvalue weighted by atomic mass is 16.6. The molecular weight excluding hydrogens is 464 g/mol. The number of hydrogen-bond donors (Lipinski definition) is 4. The van der Waals surface area contributed by atoms with Crippen LogP contribution in [-0.4, -0.2) is 54.1 Å². The average molecular weight is 507 g/mol. The molecule has 0 saturated heterocycles. The Hall–Kier alpha value is -3.14. The van der Waals surface area contributed by atoms with E-state index < -0.39 is 47.5 Å². The lowest BCUT2D eigenvalue weighted by atomic mass is 10.00. The largest absolute Gasteiger partial charge is 0.444 e. The quantitative estimate of drug-likeness (QED) is 0.322. The molecule has 0 aromatic heterocycles. The third-order valence-corrected chi connectivity index (χ3v) is 5.02. The van der Waals surface area contributed by atoms with Crippen LogP contribution >= 0.6 is 0 Å². The van der Waals surface area contributed by atoms with E-state index in [-0.39, 0.29) is 25.0 Å². The number of nitrogens with two attached hydrogens (primary N) is 1. The number of primary amides is 1. The van der Waals surface area contributed by atoms with Crippen LogP contribution in [0.5, 0.6) is 0 Å². The molecule has 3 atom stereocenters. The molecule has 1 aromatic rings. The SMILES string of the molecule is CC(C)C[C@@H](NC(=O)[C@@H](NC(=O)[C@@H](COCc1ccccc1)NC(=O)OC(C)(C)C)C(C)C)C(N)=O. The Balaban J connectivity index is 2.96. The summed E-state index contributed by atoms with van der Waals surface area (Å²) in [6.07, 6.45) is -0.419. The van der Waals surface area contributed by atoms with Gasteiger partial charge in [0.05, 0.1) is 13.2 Å². The van der Waals surface area contributed by atoms with Crippen LogP contribution in [0.2, 0.25) is 0 Å². The number of alkyl carbamates (subject to hydrolysis) is 1. The molecule has 1 rings (SSSR count). The fourth-order valence-electron chi connectivity index (χ4n) is 3.27. The summed E-state index contributed by atoms with van der Waals surface area (Å²) < 4.78 is 11.0. The van der Waals surface area contributed by atoms with Gasteiger partial charge in [0.1, 0.15) is 23.7 Å². The van der Waals surface area contributed by atoms with Crippen LogP contribution in [0, 0.1) is 11.8 Å². The molecule has 0 saturated carbocycles. The molecule has 1 aromatic carbocycles. The van der Waals surface area contributed by atoms with Gasteiger partial charge in [-0.25, -0.2) is 4.79 Å². The topological polar surface area (TPSA) is 149 Å². The fourth-order valence-corrected chi connectivity index (χ4v) is 3.27. The number of hydrogen-bond acceptors (Lipinski definition) is 6. The van der Waals surface area contributed by atoms with Crippen molar-refractivity contribution in [3.8, 4) is 0 Å². The minimum atomic E-state index is -1.12. The Kier molecular flexibility index (Phi) is 12.4. The van der Waals surface area contributed by atoms with Gasteiger partial charge in [-0.1, -0.05) is 58.0 Å². The Labute approximate surface area is 214 Å². The molecule has 10 nitrogen and oxygen atoms in total. The molecule has 10 heteroatoms. The summed E-state index contributed by atoms with van der Waals surface area (Å²) in [5.41, 5.74) is 5.58. The van der Waals surface area contributed by atoms with E-state index in [2.05, 4.69) is 16.0 Å². The lowest BCUT2D eigenvalue weighted by molar-refractivity contribution is -0.133.